The first-order valence-electron chi connectivity index (χ1n) is 2.92. The third kappa shape index (κ3) is 1.79. The van der Waals surface area contributed by atoms with Gasteiger partial charge in [0.15, 0.2) is 5.82 Å². The van der Waals surface area contributed by atoms with Gasteiger partial charge in [-0.25, -0.2) is 18.2 Å². The van der Waals surface area contributed by atoms with Crippen LogP contribution in [0.1, 0.15) is 12.1 Å². The minimum absolute atomic E-state index is 0.0999. The molecule has 2 N–H and O–H groups in total. The predicted octanol–water partition coefficient (Wildman–Crippen LogP) is 2.35. The van der Waals surface area contributed by atoms with Crippen molar-refractivity contribution in [2.45, 2.75) is 6.43 Å². The van der Waals surface area contributed by atoms with Crippen LogP contribution in [-0.4, -0.2) is 4.98 Å². The van der Waals surface area contributed by atoms with Gasteiger partial charge < -0.3 is 5.73 Å². The van der Waals surface area contributed by atoms with Crippen molar-refractivity contribution in [1.82, 2.24) is 4.98 Å². The lowest BCUT2D eigenvalue weighted by Crippen LogP contribution is -2.02. The van der Waals surface area contributed by atoms with Gasteiger partial charge in [0, 0.05) is 6.07 Å². The molecule has 0 aliphatic heterocycles. The van der Waals surface area contributed by atoms with E-state index in [4.69, 9.17) is 5.73 Å². The van der Waals surface area contributed by atoms with E-state index >= 15 is 0 Å². The topological polar surface area (TPSA) is 38.9 Å². The van der Waals surface area contributed by atoms with Gasteiger partial charge in [-0.2, -0.15) is 0 Å². The molecule has 0 fully saturated rings. The van der Waals surface area contributed by atoms with Crippen LogP contribution in [0, 0.1) is 9.52 Å². The molecule has 6 heteroatoms. The third-order valence-corrected chi connectivity index (χ3v) is 1.96. The molecule has 0 unspecified atom stereocenters. The second-order valence-electron chi connectivity index (χ2n) is 2.04. The van der Waals surface area contributed by atoms with Crippen LogP contribution in [0.4, 0.5) is 18.9 Å². The highest BCUT2D eigenvalue weighted by molar-refractivity contribution is 14.1. The second-order valence-corrected chi connectivity index (χ2v) is 3.06. The molecular formula is C6H4F3IN2. The summed E-state index contributed by atoms with van der Waals surface area (Å²) in [5.74, 6) is -0.683. The zero-order chi connectivity index (χ0) is 9.30. The number of halogens is 4. The van der Waals surface area contributed by atoms with Gasteiger partial charge in [0.25, 0.3) is 6.43 Å². The number of nitrogens with zero attached hydrogens (tertiary/aromatic N) is 1. The molecule has 0 aliphatic carbocycles. The number of aromatic nitrogens is 1. The lowest BCUT2D eigenvalue weighted by molar-refractivity contribution is 0.146. The maximum absolute atomic E-state index is 12.6. The normalized spacial score (nSPS) is 10.8. The Morgan fingerprint density at radius 3 is 2.58 bits per heavy atom. The van der Waals surface area contributed by atoms with Crippen LogP contribution >= 0.6 is 22.6 Å². The maximum Gasteiger partial charge on any atom is 0.282 e. The number of rotatable bonds is 1. The van der Waals surface area contributed by atoms with Crippen molar-refractivity contribution in [2.24, 2.45) is 0 Å². The van der Waals surface area contributed by atoms with E-state index in [1.165, 1.54) is 22.6 Å². The van der Waals surface area contributed by atoms with Gasteiger partial charge in [-0.15, -0.1) is 0 Å². The van der Waals surface area contributed by atoms with Crippen molar-refractivity contribution >= 4 is 28.3 Å². The number of alkyl halides is 2. The van der Waals surface area contributed by atoms with Crippen molar-refractivity contribution in [3.8, 4) is 0 Å². The highest BCUT2D eigenvalue weighted by Crippen LogP contribution is 2.24. The molecule has 0 aliphatic rings. The largest absolute Gasteiger partial charge is 0.397 e. The van der Waals surface area contributed by atoms with Gasteiger partial charge in [0.05, 0.1) is 5.69 Å². The molecule has 12 heavy (non-hydrogen) atoms. The fraction of sp³-hybridized carbons (Fsp3) is 0.167. The Bertz CT molecular complexity index is 303. The Morgan fingerprint density at radius 1 is 1.50 bits per heavy atom. The Hall–Kier alpha value is -0.530. The van der Waals surface area contributed by atoms with E-state index in [1.54, 1.807) is 0 Å². The fourth-order valence-electron chi connectivity index (χ4n) is 0.669. The molecule has 66 valence electrons. The van der Waals surface area contributed by atoms with Crippen LogP contribution in [0.3, 0.4) is 0 Å². The SMILES string of the molecule is Nc1cc(F)c(I)nc1C(F)F. The number of nitrogen functional groups attached to an aromatic ring is 1. The van der Waals surface area contributed by atoms with Gasteiger partial charge in [0.1, 0.15) is 9.39 Å². The smallest absolute Gasteiger partial charge is 0.282 e. The number of hydrogen-bond donors (Lipinski definition) is 1. The summed E-state index contributed by atoms with van der Waals surface area (Å²) in [4.78, 5) is 3.31. The minimum atomic E-state index is -2.76. The third-order valence-electron chi connectivity index (χ3n) is 1.20. The summed E-state index contributed by atoms with van der Waals surface area (Å²) >= 11 is 1.52. The summed E-state index contributed by atoms with van der Waals surface area (Å²) in [6.45, 7) is 0. The van der Waals surface area contributed by atoms with Crippen molar-refractivity contribution in [1.29, 1.82) is 0 Å². The zero-order valence-electron chi connectivity index (χ0n) is 5.69. The van der Waals surface area contributed by atoms with Crippen LogP contribution < -0.4 is 5.73 Å². The molecule has 0 saturated carbocycles. The molecule has 1 aromatic heterocycles. The molecule has 1 heterocycles. The molecule has 0 atom stereocenters. The Labute approximate surface area is 80.1 Å². The molecule has 0 saturated heterocycles. The number of anilines is 1. The van der Waals surface area contributed by atoms with Crippen molar-refractivity contribution < 1.29 is 13.2 Å². The first kappa shape index (κ1) is 9.56. The van der Waals surface area contributed by atoms with E-state index in [1.807, 2.05) is 0 Å². The summed E-state index contributed by atoms with van der Waals surface area (Å²) < 4.78 is 36.7. The highest BCUT2D eigenvalue weighted by atomic mass is 127. The van der Waals surface area contributed by atoms with Crippen molar-refractivity contribution in [2.75, 3.05) is 5.73 Å². The van der Waals surface area contributed by atoms with Gasteiger partial charge in [0.2, 0.25) is 0 Å². The van der Waals surface area contributed by atoms with Crippen LogP contribution in [0.25, 0.3) is 0 Å². The first-order valence-corrected chi connectivity index (χ1v) is 4.00. The number of hydrogen-bond acceptors (Lipinski definition) is 2. The van der Waals surface area contributed by atoms with Crippen molar-refractivity contribution in [3.63, 3.8) is 0 Å². The van der Waals surface area contributed by atoms with E-state index in [0.29, 0.717) is 0 Å². The fourth-order valence-corrected chi connectivity index (χ4v) is 1.08. The lowest BCUT2D eigenvalue weighted by Gasteiger charge is -2.03. The van der Waals surface area contributed by atoms with Gasteiger partial charge >= 0.3 is 0 Å². The zero-order valence-corrected chi connectivity index (χ0v) is 7.85. The quantitative estimate of drug-likeness (QED) is 0.636. The van der Waals surface area contributed by atoms with E-state index in [-0.39, 0.29) is 9.39 Å². The van der Waals surface area contributed by atoms with Crippen LogP contribution in [-0.2, 0) is 0 Å². The number of nitrogens with two attached hydrogens (primary N) is 1. The van der Waals surface area contributed by atoms with Gasteiger partial charge in [-0.3, -0.25) is 0 Å². The van der Waals surface area contributed by atoms with E-state index in [0.717, 1.165) is 6.07 Å². The molecule has 0 amide bonds. The Kier molecular flexibility index (Phi) is 2.76. The maximum atomic E-state index is 12.6. The Balaban J connectivity index is 3.23. The van der Waals surface area contributed by atoms with Crippen LogP contribution in [0.2, 0.25) is 0 Å². The summed E-state index contributed by atoms with van der Waals surface area (Å²) in [5.41, 5.74) is 4.22. The predicted molar refractivity (Wildman–Crippen MR) is 46.3 cm³/mol. The van der Waals surface area contributed by atoms with Crippen molar-refractivity contribution in [3.05, 3.63) is 21.3 Å². The van der Waals surface area contributed by atoms with E-state index in [2.05, 4.69) is 4.98 Å². The Morgan fingerprint density at radius 2 is 2.08 bits per heavy atom. The summed E-state index contributed by atoms with van der Waals surface area (Å²) in [7, 11) is 0. The monoisotopic (exact) mass is 288 g/mol. The summed E-state index contributed by atoms with van der Waals surface area (Å²) in [5, 5.41) is 0. The van der Waals surface area contributed by atoms with Gasteiger partial charge in [-0.05, 0) is 22.6 Å². The second kappa shape index (κ2) is 3.46. The molecule has 0 spiro atoms. The van der Waals surface area contributed by atoms with Crippen LogP contribution in [0.5, 0.6) is 0 Å². The molecule has 0 bridgehead atoms. The average Bonchev–Trinajstić information content (AvgIpc) is 1.96. The molecular weight excluding hydrogens is 284 g/mol. The molecule has 1 aromatic rings. The number of pyridine rings is 1. The molecule has 2 nitrogen and oxygen atoms in total. The van der Waals surface area contributed by atoms with Gasteiger partial charge in [-0.1, -0.05) is 0 Å². The van der Waals surface area contributed by atoms with Crippen LogP contribution in [0.15, 0.2) is 6.07 Å². The minimum Gasteiger partial charge on any atom is -0.397 e. The molecule has 0 radical (unpaired) electrons. The molecule has 1 rings (SSSR count). The highest BCUT2D eigenvalue weighted by Gasteiger charge is 2.15. The van der Waals surface area contributed by atoms with E-state index < -0.39 is 17.9 Å². The first-order chi connectivity index (χ1) is 5.52. The van der Waals surface area contributed by atoms with E-state index in [9.17, 15) is 13.2 Å². The lowest BCUT2D eigenvalue weighted by atomic mass is 10.3. The summed E-state index contributed by atoms with van der Waals surface area (Å²) in [6.07, 6.45) is -2.76. The summed E-state index contributed by atoms with van der Waals surface area (Å²) in [6, 6.07) is 0.844. The standard InChI is InChI=1S/C6H4F3IN2/c7-2-1-3(11)4(5(8)9)12-6(2)10/h1,5H,11H2. The molecule has 0 aromatic carbocycles. The average molecular weight is 288 g/mol.